The highest BCUT2D eigenvalue weighted by Gasteiger charge is 2.16. The Morgan fingerprint density at radius 1 is 0.800 bits per heavy atom. The molecule has 0 aromatic carbocycles. The van der Waals surface area contributed by atoms with Gasteiger partial charge < -0.3 is 10.2 Å². The summed E-state index contributed by atoms with van der Waals surface area (Å²) in [6.45, 7) is 2.19. The molecule has 0 heterocycles. The number of aliphatic carboxylic acids is 2. The fourth-order valence-electron chi connectivity index (χ4n) is 2.41. The quantitative estimate of drug-likeness (QED) is 0.462. The highest BCUT2D eigenvalue weighted by atomic mass is 16.4. The predicted octanol–water partition coefficient (Wildman–Crippen LogP) is 4.47. The molecule has 0 aromatic rings. The van der Waals surface area contributed by atoms with Gasteiger partial charge in [0.2, 0.25) is 0 Å². The molecule has 0 rings (SSSR count). The molecular formula is C16H30O4. The lowest BCUT2D eigenvalue weighted by atomic mass is 9.94. The first kappa shape index (κ1) is 18.9. The van der Waals surface area contributed by atoms with Gasteiger partial charge in [0.25, 0.3) is 0 Å². The maximum atomic E-state index is 11.1. The molecule has 0 fully saturated rings. The number of carbonyl (C=O) groups is 2. The molecule has 0 bridgehead atoms. The van der Waals surface area contributed by atoms with Crippen LogP contribution in [0.2, 0.25) is 0 Å². The average molecular weight is 286 g/mol. The molecule has 0 saturated carbocycles. The van der Waals surface area contributed by atoms with E-state index in [1.165, 1.54) is 25.7 Å². The Bertz CT molecular complexity index is 263. The molecule has 20 heavy (non-hydrogen) atoms. The summed E-state index contributed by atoms with van der Waals surface area (Å²) in [6, 6.07) is 0. The van der Waals surface area contributed by atoms with Crippen molar-refractivity contribution in [1.29, 1.82) is 0 Å². The van der Waals surface area contributed by atoms with Crippen molar-refractivity contribution < 1.29 is 19.8 Å². The van der Waals surface area contributed by atoms with E-state index in [1.807, 2.05) is 0 Å². The molecule has 118 valence electrons. The minimum atomic E-state index is -0.771. The van der Waals surface area contributed by atoms with Gasteiger partial charge in [-0.1, -0.05) is 58.3 Å². The van der Waals surface area contributed by atoms with E-state index in [4.69, 9.17) is 10.2 Å². The van der Waals surface area contributed by atoms with Crippen LogP contribution in [0.4, 0.5) is 0 Å². The topological polar surface area (TPSA) is 74.6 Å². The lowest BCUT2D eigenvalue weighted by molar-refractivity contribution is -0.142. The minimum Gasteiger partial charge on any atom is -0.481 e. The average Bonchev–Trinajstić information content (AvgIpc) is 2.39. The van der Waals surface area contributed by atoms with Gasteiger partial charge in [-0.25, -0.2) is 0 Å². The van der Waals surface area contributed by atoms with Crippen molar-refractivity contribution in [1.82, 2.24) is 0 Å². The molecule has 0 aliphatic rings. The fraction of sp³-hybridized carbons (Fsp3) is 0.875. The van der Waals surface area contributed by atoms with Crippen LogP contribution in [-0.4, -0.2) is 22.2 Å². The van der Waals surface area contributed by atoms with E-state index < -0.39 is 11.9 Å². The Labute approximate surface area is 122 Å². The maximum absolute atomic E-state index is 11.1. The van der Waals surface area contributed by atoms with Crippen molar-refractivity contribution in [3.05, 3.63) is 0 Å². The Morgan fingerprint density at radius 2 is 1.30 bits per heavy atom. The summed E-state index contributed by atoms with van der Waals surface area (Å²) in [5.41, 5.74) is 0. The Kier molecular flexibility index (Phi) is 12.3. The molecule has 0 amide bonds. The van der Waals surface area contributed by atoms with E-state index in [2.05, 4.69) is 6.92 Å². The van der Waals surface area contributed by atoms with Crippen molar-refractivity contribution in [3.8, 4) is 0 Å². The number of hydrogen-bond donors (Lipinski definition) is 2. The highest BCUT2D eigenvalue weighted by molar-refractivity contribution is 5.69. The Balaban J connectivity index is 3.61. The van der Waals surface area contributed by atoms with Gasteiger partial charge in [0.15, 0.2) is 0 Å². The summed E-state index contributed by atoms with van der Waals surface area (Å²) in [7, 11) is 0. The number of rotatable bonds is 14. The number of carboxylic acid groups (broad SMARTS) is 2. The maximum Gasteiger partial charge on any atom is 0.306 e. The van der Waals surface area contributed by atoms with E-state index in [0.29, 0.717) is 12.8 Å². The van der Waals surface area contributed by atoms with Gasteiger partial charge in [-0.15, -0.1) is 0 Å². The molecule has 0 aliphatic heterocycles. The van der Waals surface area contributed by atoms with Crippen LogP contribution in [0.5, 0.6) is 0 Å². The van der Waals surface area contributed by atoms with E-state index in [0.717, 1.165) is 32.1 Å². The van der Waals surface area contributed by atoms with Crippen LogP contribution in [0.15, 0.2) is 0 Å². The van der Waals surface area contributed by atoms with E-state index >= 15 is 0 Å². The molecule has 0 aromatic heterocycles. The van der Waals surface area contributed by atoms with Crippen molar-refractivity contribution in [2.24, 2.45) is 5.92 Å². The standard InChI is InChI=1S/C16H30O4/c1-2-3-4-5-6-8-11-14(16(19)20)12-9-7-10-13-15(17)18/h14H,2-13H2,1H3,(H,17,18)(H,19,20). The summed E-state index contributed by atoms with van der Waals surface area (Å²) in [5, 5.41) is 17.7. The van der Waals surface area contributed by atoms with Crippen LogP contribution < -0.4 is 0 Å². The zero-order valence-electron chi connectivity index (χ0n) is 12.8. The van der Waals surface area contributed by atoms with E-state index in [9.17, 15) is 9.59 Å². The summed E-state index contributed by atoms with van der Waals surface area (Å²) >= 11 is 0. The molecule has 0 spiro atoms. The van der Waals surface area contributed by atoms with Crippen LogP contribution >= 0.6 is 0 Å². The summed E-state index contributed by atoms with van der Waals surface area (Å²) in [5.74, 6) is -1.71. The number of hydrogen-bond acceptors (Lipinski definition) is 2. The van der Waals surface area contributed by atoms with Gasteiger partial charge in [0.05, 0.1) is 5.92 Å². The monoisotopic (exact) mass is 286 g/mol. The molecule has 0 radical (unpaired) electrons. The van der Waals surface area contributed by atoms with Gasteiger partial charge in [-0.2, -0.15) is 0 Å². The van der Waals surface area contributed by atoms with Crippen LogP contribution in [0.3, 0.4) is 0 Å². The van der Waals surface area contributed by atoms with Crippen LogP contribution in [-0.2, 0) is 9.59 Å². The third-order valence-corrected chi connectivity index (χ3v) is 3.70. The molecule has 2 N–H and O–H groups in total. The molecule has 0 saturated heterocycles. The second kappa shape index (κ2) is 12.9. The number of unbranched alkanes of at least 4 members (excludes halogenated alkanes) is 7. The van der Waals surface area contributed by atoms with Crippen molar-refractivity contribution >= 4 is 11.9 Å². The van der Waals surface area contributed by atoms with Gasteiger partial charge >= 0.3 is 11.9 Å². The first-order valence-corrected chi connectivity index (χ1v) is 8.02. The summed E-state index contributed by atoms with van der Waals surface area (Å²) < 4.78 is 0. The molecule has 4 heteroatoms. The van der Waals surface area contributed by atoms with E-state index in [1.54, 1.807) is 0 Å². The molecular weight excluding hydrogens is 256 g/mol. The van der Waals surface area contributed by atoms with Crippen molar-refractivity contribution in [2.75, 3.05) is 0 Å². The fourth-order valence-corrected chi connectivity index (χ4v) is 2.41. The second-order valence-electron chi connectivity index (χ2n) is 5.58. The van der Waals surface area contributed by atoms with Gasteiger partial charge in [0.1, 0.15) is 0 Å². The van der Waals surface area contributed by atoms with Crippen LogP contribution in [0.25, 0.3) is 0 Å². The van der Waals surface area contributed by atoms with Gasteiger partial charge in [0, 0.05) is 6.42 Å². The number of carboxylic acids is 2. The Morgan fingerprint density at radius 3 is 1.80 bits per heavy atom. The largest absolute Gasteiger partial charge is 0.481 e. The SMILES string of the molecule is CCCCCCCCC(CCCCCC(=O)O)C(=O)O. The Hall–Kier alpha value is -1.06. The predicted molar refractivity (Wildman–Crippen MR) is 79.8 cm³/mol. The third kappa shape index (κ3) is 12.0. The molecule has 4 nitrogen and oxygen atoms in total. The highest BCUT2D eigenvalue weighted by Crippen LogP contribution is 2.19. The van der Waals surface area contributed by atoms with Crippen LogP contribution in [0, 0.1) is 5.92 Å². The third-order valence-electron chi connectivity index (χ3n) is 3.70. The normalized spacial score (nSPS) is 12.2. The molecule has 1 atom stereocenters. The second-order valence-corrected chi connectivity index (χ2v) is 5.58. The first-order chi connectivity index (χ1) is 9.57. The molecule has 0 aliphatic carbocycles. The summed E-state index contributed by atoms with van der Waals surface area (Å²) in [4.78, 5) is 21.5. The first-order valence-electron chi connectivity index (χ1n) is 8.02. The molecule has 1 unspecified atom stereocenters. The lowest BCUT2D eigenvalue weighted by Crippen LogP contribution is -2.13. The lowest BCUT2D eigenvalue weighted by Gasteiger charge is -2.11. The zero-order valence-corrected chi connectivity index (χ0v) is 12.8. The zero-order chi connectivity index (χ0) is 15.2. The minimum absolute atomic E-state index is 0.190. The summed E-state index contributed by atoms with van der Waals surface area (Å²) in [6.07, 6.45) is 11.0. The van der Waals surface area contributed by atoms with Crippen LogP contribution in [0.1, 0.15) is 84.0 Å². The van der Waals surface area contributed by atoms with Gasteiger partial charge in [-0.05, 0) is 19.3 Å². The van der Waals surface area contributed by atoms with Gasteiger partial charge in [-0.3, -0.25) is 9.59 Å². The smallest absolute Gasteiger partial charge is 0.306 e. The van der Waals surface area contributed by atoms with Crippen molar-refractivity contribution in [2.45, 2.75) is 84.0 Å². The van der Waals surface area contributed by atoms with E-state index in [-0.39, 0.29) is 12.3 Å². The van der Waals surface area contributed by atoms with Crippen molar-refractivity contribution in [3.63, 3.8) is 0 Å².